The maximum absolute atomic E-state index is 13.0. The molecule has 1 amide bonds. The van der Waals surface area contributed by atoms with Crippen molar-refractivity contribution in [1.29, 1.82) is 0 Å². The minimum atomic E-state index is -0.623. The van der Waals surface area contributed by atoms with Crippen LogP contribution in [0.1, 0.15) is 10.6 Å². The first-order valence-electron chi connectivity index (χ1n) is 8.90. The number of rotatable bonds is 4. The van der Waals surface area contributed by atoms with E-state index in [1.165, 1.54) is 30.0 Å². The van der Waals surface area contributed by atoms with Crippen LogP contribution in [0, 0.1) is 0 Å². The fraction of sp³-hybridized carbons (Fsp3) is 0. The van der Waals surface area contributed by atoms with Crippen molar-refractivity contribution < 1.29 is 13.6 Å². The number of nitrogens with zero attached hydrogens (tertiary/aromatic N) is 2. The molecule has 4 aromatic heterocycles. The summed E-state index contributed by atoms with van der Waals surface area (Å²) in [7, 11) is 0. The van der Waals surface area contributed by atoms with Gasteiger partial charge in [0.2, 0.25) is 0 Å². The van der Waals surface area contributed by atoms with Crippen molar-refractivity contribution in [3.8, 4) is 22.6 Å². The molecule has 0 saturated carbocycles. The minimum absolute atomic E-state index is 0.00499. The average Bonchev–Trinajstić information content (AvgIpc) is 3.51. The molecule has 154 valence electrons. The van der Waals surface area contributed by atoms with Gasteiger partial charge in [-0.25, -0.2) is 9.66 Å². The molecule has 4 heterocycles. The first kappa shape index (κ1) is 19.6. The molecule has 1 N–H and O–H groups in total. The van der Waals surface area contributed by atoms with Crippen LogP contribution in [0.25, 0.3) is 32.9 Å². The standard InChI is InChI=1S/C21H11Cl2N3O4S/c22-11-3-4-14(23)12(8-11)16-5-6-17(30-16)19(27)25-26-10-24-20-18(21(26)28)13(9-31-20)15-2-1-7-29-15/h1-10H,(H,25,27). The van der Waals surface area contributed by atoms with Crippen molar-refractivity contribution in [3.05, 3.63) is 86.6 Å². The van der Waals surface area contributed by atoms with Crippen LogP contribution in [-0.4, -0.2) is 15.6 Å². The zero-order valence-corrected chi connectivity index (χ0v) is 17.8. The predicted molar refractivity (Wildman–Crippen MR) is 119 cm³/mol. The van der Waals surface area contributed by atoms with Gasteiger partial charge in [-0.3, -0.25) is 15.0 Å². The number of hydrogen-bond donors (Lipinski definition) is 1. The second-order valence-corrected chi connectivity index (χ2v) is 8.16. The van der Waals surface area contributed by atoms with Crippen molar-refractivity contribution in [2.24, 2.45) is 0 Å². The van der Waals surface area contributed by atoms with E-state index < -0.39 is 11.5 Å². The van der Waals surface area contributed by atoms with E-state index in [9.17, 15) is 9.59 Å². The highest BCUT2D eigenvalue weighted by Crippen LogP contribution is 2.32. The Hall–Kier alpha value is -3.33. The Kier molecular flexibility index (Phi) is 4.90. The van der Waals surface area contributed by atoms with Crippen molar-refractivity contribution in [2.45, 2.75) is 0 Å². The lowest BCUT2D eigenvalue weighted by Gasteiger charge is -2.06. The van der Waals surface area contributed by atoms with Gasteiger partial charge in [-0.05, 0) is 42.5 Å². The summed E-state index contributed by atoms with van der Waals surface area (Å²) in [4.78, 5) is 30.5. The van der Waals surface area contributed by atoms with E-state index in [1.54, 1.807) is 41.8 Å². The third-order valence-electron chi connectivity index (χ3n) is 4.53. The number of nitrogens with one attached hydrogen (secondary N) is 1. The number of aromatic nitrogens is 2. The van der Waals surface area contributed by atoms with Gasteiger partial charge >= 0.3 is 5.91 Å². The van der Waals surface area contributed by atoms with Crippen molar-refractivity contribution in [2.75, 3.05) is 5.43 Å². The zero-order chi connectivity index (χ0) is 21.5. The number of carbonyl (C=O) groups is 1. The number of hydrogen-bond acceptors (Lipinski definition) is 6. The van der Waals surface area contributed by atoms with Gasteiger partial charge in [0.15, 0.2) is 5.76 Å². The molecule has 0 aliphatic rings. The molecule has 0 bridgehead atoms. The van der Waals surface area contributed by atoms with Gasteiger partial charge in [-0.2, -0.15) is 0 Å². The first-order chi connectivity index (χ1) is 15.0. The molecule has 0 aliphatic carbocycles. The number of thiophene rings is 1. The van der Waals surface area contributed by atoms with E-state index in [-0.39, 0.29) is 5.76 Å². The number of benzene rings is 1. The Morgan fingerprint density at radius 1 is 1.10 bits per heavy atom. The van der Waals surface area contributed by atoms with Crippen molar-refractivity contribution >= 4 is 50.7 Å². The van der Waals surface area contributed by atoms with Crippen molar-refractivity contribution in [3.63, 3.8) is 0 Å². The maximum atomic E-state index is 13.0. The molecule has 5 rings (SSSR count). The average molecular weight is 472 g/mol. The molecule has 0 unspecified atom stereocenters. The van der Waals surface area contributed by atoms with E-state index >= 15 is 0 Å². The molecule has 0 saturated heterocycles. The highest BCUT2D eigenvalue weighted by Gasteiger charge is 2.18. The molecular formula is C21H11Cl2N3O4S. The van der Waals surface area contributed by atoms with E-state index in [4.69, 9.17) is 32.0 Å². The Morgan fingerprint density at radius 2 is 1.97 bits per heavy atom. The lowest BCUT2D eigenvalue weighted by Crippen LogP contribution is -2.33. The van der Waals surface area contributed by atoms with Crippen LogP contribution < -0.4 is 11.0 Å². The zero-order valence-electron chi connectivity index (χ0n) is 15.5. The van der Waals surface area contributed by atoms with Gasteiger partial charge in [0, 0.05) is 21.5 Å². The quantitative estimate of drug-likeness (QED) is 0.364. The molecule has 10 heteroatoms. The highest BCUT2D eigenvalue weighted by atomic mass is 35.5. The Morgan fingerprint density at radius 3 is 2.77 bits per heavy atom. The van der Waals surface area contributed by atoms with Gasteiger partial charge in [-0.1, -0.05) is 23.2 Å². The highest BCUT2D eigenvalue weighted by molar-refractivity contribution is 7.17. The summed E-state index contributed by atoms with van der Waals surface area (Å²) in [6.45, 7) is 0. The summed E-state index contributed by atoms with van der Waals surface area (Å²) in [5, 5.41) is 3.06. The summed E-state index contributed by atoms with van der Waals surface area (Å²) in [6.07, 6.45) is 2.78. The SMILES string of the molecule is O=C(Nn1cnc2scc(-c3ccco3)c2c1=O)c1ccc(-c2cc(Cl)ccc2Cl)o1. The van der Waals surface area contributed by atoms with Crippen LogP contribution in [0.4, 0.5) is 0 Å². The molecule has 31 heavy (non-hydrogen) atoms. The number of furan rings is 2. The van der Waals surface area contributed by atoms with Gasteiger partial charge < -0.3 is 8.83 Å². The van der Waals surface area contributed by atoms with Crippen LogP contribution >= 0.6 is 34.5 Å². The van der Waals surface area contributed by atoms with Crippen LogP contribution in [0.5, 0.6) is 0 Å². The van der Waals surface area contributed by atoms with E-state index in [0.717, 1.165) is 4.68 Å². The lowest BCUT2D eigenvalue weighted by molar-refractivity contribution is 0.0981. The molecule has 7 nitrogen and oxygen atoms in total. The molecule has 0 spiro atoms. The third kappa shape index (κ3) is 3.54. The van der Waals surface area contributed by atoms with Crippen LogP contribution in [-0.2, 0) is 0 Å². The Labute approximate surface area is 188 Å². The molecular weight excluding hydrogens is 461 g/mol. The molecule has 1 aromatic carbocycles. The van der Waals surface area contributed by atoms with Crippen molar-refractivity contribution in [1.82, 2.24) is 9.66 Å². The molecule has 5 aromatic rings. The van der Waals surface area contributed by atoms with Gasteiger partial charge in [0.25, 0.3) is 5.56 Å². The molecule has 0 atom stereocenters. The second kappa shape index (κ2) is 7.73. The number of amides is 1. The van der Waals surface area contributed by atoms with E-state index in [0.29, 0.717) is 42.9 Å². The van der Waals surface area contributed by atoms with Gasteiger partial charge in [0.05, 0.1) is 16.7 Å². The van der Waals surface area contributed by atoms with E-state index in [2.05, 4.69) is 10.4 Å². The van der Waals surface area contributed by atoms with E-state index in [1.807, 2.05) is 0 Å². The predicted octanol–water partition coefficient (Wildman–Crippen LogP) is 5.67. The maximum Gasteiger partial charge on any atom is 0.305 e. The normalized spacial score (nSPS) is 11.2. The molecule has 0 fully saturated rings. The molecule has 0 aliphatic heterocycles. The summed E-state index contributed by atoms with van der Waals surface area (Å²) in [5.74, 6) is 0.289. The van der Waals surface area contributed by atoms with Crippen LogP contribution in [0.3, 0.4) is 0 Å². The number of halogens is 2. The first-order valence-corrected chi connectivity index (χ1v) is 10.5. The van der Waals surface area contributed by atoms with Crippen LogP contribution in [0.15, 0.2) is 74.1 Å². The monoisotopic (exact) mass is 471 g/mol. The lowest BCUT2D eigenvalue weighted by atomic mass is 10.2. The van der Waals surface area contributed by atoms with Gasteiger partial charge in [-0.15, -0.1) is 11.3 Å². The second-order valence-electron chi connectivity index (χ2n) is 6.46. The number of carbonyl (C=O) groups excluding carboxylic acids is 1. The smallest absolute Gasteiger partial charge is 0.305 e. The van der Waals surface area contributed by atoms with Gasteiger partial charge in [0.1, 0.15) is 22.7 Å². The summed E-state index contributed by atoms with van der Waals surface area (Å²) in [5.41, 5.74) is 3.22. The topological polar surface area (TPSA) is 90.3 Å². The summed E-state index contributed by atoms with van der Waals surface area (Å²) >= 11 is 13.5. The summed E-state index contributed by atoms with van der Waals surface area (Å²) in [6, 6.07) is 11.5. The fourth-order valence-corrected chi connectivity index (χ4v) is 4.35. The largest absolute Gasteiger partial charge is 0.464 e. The Balaban J connectivity index is 1.47. The minimum Gasteiger partial charge on any atom is -0.464 e. The molecule has 0 radical (unpaired) electrons. The fourth-order valence-electron chi connectivity index (χ4n) is 3.08. The Bertz CT molecular complexity index is 1480. The summed E-state index contributed by atoms with van der Waals surface area (Å²) < 4.78 is 12.0. The number of fused-ring (bicyclic) bond motifs is 1. The third-order valence-corrected chi connectivity index (χ3v) is 5.98. The van der Waals surface area contributed by atoms with Crippen LogP contribution in [0.2, 0.25) is 10.0 Å².